The van der Waals surface area contributed by atoms with Gasteiger partial charge in [-0.15, -0.1) is 0 Å². The molecule has 0 atom stereocenters. The van der Waals surface area contributed by atoms with E-state index in [1.165, 1.54) is 5.56 Å². The molecule has 0 fully saturated rings. The minimum absolute atomic E-state index is 0.380. The van der Waals surface area contributed by atoms with Gasteiger partial charge in [-0.1, -0.05) is 5.16 Å². The molecule has 0 heterocycles. The van der Waals surface area contributed by atoms with Crippen molar-refractivity contribution in [3.05, 3.63) is 28.3 Å². The summed E-state index contributed by atoms with van der Waals surface area (Å²) in [4.78, 5) is 4.83. The molecule has 0 spiro atoms. The number of aromatic hydroxyl groups is 1. The van der Waals surface area contributed by atoms with E-state index in [-0.39, 0.29) is 0 Å². The monoisotopic (exact) mass is 205 g/mol. The van der Waals surface area contributed by atoms with Crippen molar-refractivity contribution in [3.63, 3.8) is 0 Å². The molecule has 0 aliphatic heterocycles. The fraction of sp³-hybridized carbons (Fsp3) is 0.417. The number of oxime groups is 1. The summed E-state index contributed by atoms with van der Waals surface area (Å²) >= 11 is 0. The van der Waals surface area contributed by atoms with Gasteiger partial charge in [-0.2, -0.15) is 0 Å². The quantitative estimate of drug-likeness (QED) is 0.715. The molecular formula is C12H15NO2. The number of phenols is 1. The second-order valence-electron chi connectivity index (χ2n) is 3.91. The Bertz CT molecular complexity index is 436. The van der Waals surface area contributed by atoms with Gasteiger partial charge in [-0.25, -0.2) is 0 Å². The molecule has 1 aliphatic carbocycles. The summed E-state index contributed by atoms with van der Waals surface area (Å²) in [5.74, 6) is 0.380. The molecule has 0 aromatic heterocycles. The van der Waals surface area contributed by atoms with Crippen molar-refractivity contribution in [1.82, 2.24) is 0 Å². The number of fused-ring (bicyclic) bond motifs is 1. The zero-order chi connectivity index (χ0) is 11.0. The zero-order valence-electron chi connectivity index (χ0n) is 9.29. The molecule has 0 saturated carbocycles. The number of benzene rings is 1. The van der Waals surface area contributed by atoms with Crippen molar-refractivity contribution in [1.29, 1.82) is 0 Å². The van der Waals surface area contributed by atoms with Crippen LogP contribution in [0.15, 0.2) is 11.2 Å². The second kappa shape index (κ2) is 3.57. The van der Waals surface area contributed by atoms with Gasteiger partial charge in [-0.05, 0) is 49.4 Å². The van der Waals surface area contributed by atoms with E-state index in [9.17, 15) is 5.11 Å². The Balaban J connectivity index is 2.64. The lowest BCUT2D eigenvalue weighted by Crippen LogP contribution is -1.99. The van der Waals surface area contributed by atoms with Crippen molar-refractivity contribution in [2.24, 2.45) is 5.16 Å². The van der Waals surface area contributed by atoms with E-state index < -0.39 is 0 Å². The molecule has 15 heavy (non-hydrogen) atoms. The van der Waals surface area contributed by atoms with Crippen molar-refractivity contribution in [2.45, 2.75) is 26.7 Å². The molecule has 3 nitrogen and oxygen atoms in total. The average molecular weight is 205 g/mol. The van der Waals surface area contributed by atoms with Crippen LogP contribution in [-0.2, 0) is 11.3 Å². The zero-order valence-corrected chi connectivity index (χ0v) is 9.29. The number of phenolic OH excluding ortho intramolecular Hbond substituents is 1. The first-order valence-electron chi connectivity index (χ1n) is 5.07. The van der Waals surface area contributed by atoms with E-state index in [4.69, 9.17) is 4.84 Å². The second-order valence-corrected chi connectivity index (χ2v) is 3.91. The fourth-order valence-corrected chi connectivity index (χ4v) is 2.25. The summed E-state index contributed by atoms with van der Waals surface area (Å²) < 4.78 is 0. The van der Waals surface area contributed by atoms with Gasteiger partial charge in [0.05, 0.1) is 5.71 Å². The first-order chi connectivity index (χ1) is 7.15. The molecule has 0 radical (unpaired) electrons. The molecule has 0 saturated heterocycles. The SMILES string of the molecule is CON=C1CCc2c(C)c(O)cc(C)c21. The van der Waals surface area contributed by atoms with Crippen LogP contribution in [0, 0.1) is 13.8 Å². The van der Waals surface area contributed by atoms with Crippen LogP contribution in [-0.4, -0.2) is 17.9 Å². The van der Waals surface area contributed by atoms with E-state index in [1.54, 1.807) is 13.2 Å². The smallest absolute Gasteiger partial charge is 0.119 e. The summed E-state index contributed by atoms with van der Waals surface area (Å²) in [5.41, 5.74) is 5.40. The van der Waals surface area contributed by atoms with Gasteiger partial charge >= 0.3 is 0 Å². The number of hydrogen-bond donors (Lipinski definition) is 1. The predicted octanol–water partition coefficient (Wildman–Crippen LogP) is 2.31. The van der Waals surface area contributed by atoms with Crippen molar-refractivity contribution < 1.29 is 9.94 Å². The number of aryl methyl sites for hydroxylation is 1. The van der Waals surface area contributed by atoms with Crippen molar-refractivity contribution in [2.75, 3.05) is 7.11 Å². The topological polar surface area (TPSA) is 41.8 Å². The number of rotatable bonds is 1. The van der Waals surface area contributed by atoms with E-state index >= 15 is 0 Å². The van der Waals surface area contributed by atoms with Crippen LogP contribution < -0.4 is 0 Å². The molecule has 1 aromatic rings. The van der Waals surface area contributed by atoms with Crippen LogP contribution in [0.1, 0.15) is 28.7 Å². The first kappa shape index (κ1) is 10.0. The molecular weight excluding hydrogens is 190 g/mol. The lowest BCUT2D eigenvalue weighted by atomic mass is 9.98. The Labute approximate surface area is 89.4 Å². The molecule has 1 aromatic carbocycles. The Kier molecular flexibility index (Phi) is 2.39. The van der Waals surface area contributed by atoms with Crippen LogP contribution in [0.3, 0.4) is 0 Å². The van der Waals surface area contributed by atoms with E-state index in [2.05, 4.69) is 5.16 Å². The third-order valence-corrected chi connectivity index (χ3v) is 2.99. The Morgan fingerprint density at radius 3 is 2.73 bits per heavy atom. The van der Waals surface area contributed by atoms with Gasteiger partial charge in [0.25, 0.3) is 0 Å². The summed E-state index contributed by atoms with van der Waals surface area (Å²) in [6.45, 7) is 3.94. The van der Waals surface area contributed by atoms with Crippen molar-refractivity contribution >= 4 is 5.71 Å². The summed E-state index contributed by atoms with van der Waals surface area (Å²) in [5, 5.41) is 13.7. The first-order valence-corrected chi connectivity index (χ1v) is 5.07. The highest BCUT2D eigenvalue weighted by atomic mass is 16.6. The molecule has 0 unspecified atom stereocenters. The maximum absolute atomic E-state index is 9.71. The minimum Gasteiger partial charge on any atom is -0.508 e. The molecule has 80 valence electrons. The van der Waals surface area contributed by atoms with Crippen LogP contribution >= 0.6 is 0 Å². The predicted molar refractivity (Wildman–Crippen MR) is 59.4 cm³/mol. The molecule has 0 bridgehead atoms. The Hall–Kier alpha value is -1.51. The van der Waals surface area contributed by atoms with E-state index in [0.717, 1.165) is 35.2 Å². The van der Waals surface area contributed by atoms with Gasteiger partial charge < -0.3 is 9.94 Å². The van der Waals surface area contributed by atoms with Crippen molar-refractivity contribution in [3.8, 4) is 5.75 Å². The standard InChI is InChI=1S/C12H15NO2/c1-7-6-11(14)8(2)9-4-5-10(12(7)9)13-15-3/h6,14H,4-5H2,1-3H3. The highest BCUT2D eigenvalue weighted by Gasteiger charge is 2.23. The van der Waals surface area contributed by atoms with Gasteiger partial charge in [0.1, 0.15) is 12.9 Å². The molecule has 1 N–H and O–H groups in total. The number of hydrogen-bond acceptors (Lipinski definition) is 3. The maximum Gasteiger partial charge on any atom is 0.119 e. The summed E-state index contributed by atoms with van der Waals surface area (Å²) in [7, 11) is 1.56. The fourth-order valence-electron chi connectivity index (χ4n) is 2.25. The summed E-state index contributed by atoms with van der Waals surface area (Å²) in [6.07, 6.45) is 1.84. The lowest BCUT2D eigenvalue weighted by molar-refractivity contribution is 0.213. The molecule has 3 heteroatoms. The molecule has 0 amide bonds. The van der Waals surface area contributed by atoms with Crippen LogP contribution in [0.4, 0.5) is 0 Å². The van der Waals surface area contributed by atoms with E-state index in [1.807, 2.05) is 13.8 Å². The van der Waals surface area contributed by atoms with Gasteiger partial charge in [0.15, 0.2) is 0 Å². The Morgan fingerprint density at radius 2 is 2.07 bits per heavy atom. The highest BCUT2D eigenvalue weighted by Crippen LogP contribution is 2.33. The van der Waals surface area contributed by atoms with Crippen LogP contribution in [0.25, 0.3) is 0 Å². The molecule has 1 aliphatic rings. The van der Waals surface area contributed by atoms with Crippen LogP contribution in [0.5, 0.6) is 5.75 Å². The largest absolute Gasteiger partial charge is 0.508 e. The Morgan fingerprint density at radius 1 is 1.33 bits per heavy atom. The van der Waals surface area contributed by atoms with Gasteiger partial charge in [-0.3, -0.25) is 0 Å². The number of nitrogens with zero attached hydrogens (tertiary/aromatic N) is 1. The highest BCUT2D eigenvalue weighted by molar-refractivity contribution is 6.06. The van der Waals surface area contributed by atoms with Gasteiger partial charge in [0, 0.05) is 5.56 Å². The average Bonchev–Trinajstić information content (AvgIpc) is 2.59. The van der Waals surface area contributed by atoms with Crippen LogP contribution in [0.2, 0.25) is 0 Å². The summed E-state index contributed by atoms with van der Waals surface area (Å²) in [6, 6.07) is 1.80. The molecule has 2 rings (SSSR count). The lowest BCUT2D eigenvalue weighted by Gasteiger charge is -2.09. The third kappa shape index (κ3) is 1.48. The van der Waals surface area contributed by atoms with E-state index in [0.29, 0.717) is 5.75 Å². The third-order valence-electron chi connectivity index (χ3n) is 2.99. The minimum atomic E-state index is 0.380. The van der Waals surface area contributed by atoms with Gasteiger partial charge in [0.2, 0.25) is 0 Å². The normalized spacial score (nSPS) is 16.9. The maximum atomic E-state index is 9.71.